The molecule has 1 saturated heterocycles. The van der Waals surface area contributed by atoms with Gasteiger partial charge in [0, 0.05) is 28.4 Å². The molecule has 0 aliphatic carbocycles. The Labute approximate surface area is 168 Å². The molecule has 3 heterocycles. The summed E-state index contributed by atoms with van der Waals surface area (Å²) in [5, 5.41) is 17.4. The summed E-state index contributed by atoms with van der Waals surface area (Å²) in [6.45, 7) is -0.143. The quantitative estimate of drug-likeness (QED) is 0.450. The van der Waals surface area contributed by atoms with Crippen molar-refractivity contribution < 1.29 is 28.2 Å². The average Bonchev–Trinajstić information content (AvgIpc) is 3.36. The molecule has 2 aromatic carbocycles. The van der Waals surface area contributed by atoms with Crippen LogP contribution in [0.15, 0.2) is 53.1 Å². The maximum Gasteiger partial charge on any atom is 0.322 e. The summed E-state index contributed by atoms with van der Waals surface area (Å²) in [7, 11) is 1.52. The molecule has 30 heavy (non-hydrogen) atoms. The first-order valence-electron chi connectivity index (χ1n) is 9.09. The third-order valence-electron chi connectivity index (χ3n) is 5.32. The Balaban J connectivity index is 1.65. The molecule has 2 aromatic heterocycles. The van der Waals surface area contributed by atoms with Crippen LogP contribution in [-0.2, 0) is 16.9 Å². The first-order valence-corrected chi connectivity index (χ1v) is 9.09. The molecule has 5 rings (SSSR count). The highest BCUT2D eigenvalue weighted by atomic mass is 19.1. The second kappa shape index (κ2) is 6.24. The van der Waals surface area contributed by atoms with Crippen LogP contribution in [0.25, 0.3) is 21.7 Å². The number of amides is 3. The lowest BCUT2D eigenvalue weighted by molar-refractivity contribution is -0.125. The predicted octanol–water partition coefficient (Wildman–Crippen LogP) is 2.98. The van der Waals surface area contributed by atoms with Gasteiger partial charge in [0.1, 0.15) is 22.9 Å². The zero-order valence-corrected chi connectivity index (χ0v) is 15.7. The van der Waals surface area contributed by atoms with Crippen LogP contribution in [0.1, 0.15) is 5.76 Å². The van der Waals surface area contributed by atoms with Crippen molar-refractivity contribution in [2.24, 2.45) is 0 Å². The van der Waals surface area contributed by atoms with Gasteiger partial charge in [0.05, 0.1) is 13.7 Å². The summed E-state index contributed by atoms with van der Waals surface area (Å²) < 4.78 is 26.0. The summed E-state index contributed by atoms with van der Waals surface area (Å²) in [5.74, 6) is -0.528. The van der Waals surface area contributed by atoms with Gasteiger partial charge in [-0.15, -0.1) is 0 Å². The van der Waals surface area contributed by atoms with Crippen molar-refractivity contribution in [3.05, 3.63) is 60.2 Å². The van der Waals surface area contributed by atoms with E-state index in [9.17, 15) is 19.1 Å². The van der Waals surface area contributed by atoms with Gasteiger partial charge < -0.3 is 24.1 Å². The number of benzene rings is 2. The summed E-state index contributed by atoms with van der Waals surface area (Å²) in [4.78, 5) is 24.8. The van der Waals surface area contributed by atoms with Crippen molar-refractivity contribution in [3.8, 4) is 11.6 Å². The predicted molar refractivity (Wildman–Crippen MR) is 105 cm³/mol. The van der Waals surface area contributed by atoms with Crippen molar-refractivity contribution in [2.45, 2.75) is 12.1 Å². The van der Waals surface area contributed by atoms with Crippen LogP contribution in [0.4, 0.5) is 9.18 Å². The number of imide groups is 1. The Morgan fingerprint density at radius 3 is 2.70 bits per heavy atom. The molecule has 3 amide bonds. The van der Waals surface area contributed by atoms with E-state index in [1.165, 1.54) is 29.9 Å². The van der Waals surface area contributed by atoms with E-state index in [2.05, 4.69) is 10.6 Å². The SMILES string of the molecule is COc1ccc2cn(C[C@@]3(c4cc5ccc(F)cc5o4)NC(=O)NC3=O)c(O)c2c1. The Kier molecular flexibility index (Phi) is 3.76. The number of aromatic hydroxyl groups is 1. The van der Waals surface area contributed by atoms with Gasteiger partial charge in [-0.2, -0.15) is 0 Å². The van der Waals surface area contributed by atoms with E-state index in [-0.39, 0.29) is 23.8 Å². The number of rotatable bonds is 4. The van der Waals surface area contributed by atoms with Crippen molar-refractivity contribution in [1.82, 2.24) is 15.2 Å². The molecule has 0 bridgehead atoms. The van der Waals surface area contributed by atoms with Gasteiger partial charge in [-0.05, 0) is 36.4 Å². The number of halogens is 1. The molecule has 0 unspecified atom stereocenters. The number of hydrogen-bond donors (Lipinski definition) is 3. The van der Waals surface area contributed by atoms with E-state index in [1.807, 2.05) is 0 Å². The summed E-state index contributed by atoms with van der Waals surface area (Å²) in [6.07, 6.45) is 1.66. The fraction of sp³-hybridized carbons (Fsp3) is 0.143. The summed E-state index contributed by atoms with van der Waals surface area (Å²) in [5.41, 5.74) is -1.38. The average molecular weight is 409 g/mol. The Morgan fingerprint density at radius 2 is 1.97 bits per heavy atom. The Bertz CT molecular complexity index is 1340. The largest absolute Gasteiger partial charge is 0.497 e. The number of urea groups is 1. The van der Waals surface area contributed by atoms with E-state index in [0.717, 1.165) is 5.39 Å². The zero-order valence-electron chi connectivity index (χ0n) is 15.7. The molecule has 3 N–H and O–H groups in total. The van der Waals surface area contributed by atoms with E-state index in [4.69, 9.17) is 9.15 Å². The molecule has 152 valence electrons. The normalized spacial score (nSPS) is 18.7. The van der Waals surface area contributed by atoms with Crippen LogP contribution in [-0.4, -0.2) is 28.7 Å². The minimum absolute atomic E-state index is 0.0978. The summed E-state index contributed by atoms with van der Waals surface area (Å²) >= 11 is 0. The summed E-state index contributed by atoms with van der Waals surface area (Å²) in [6, 6.07) is 10.1. The zero-order chi connectivity index (χ0) is 21.0. The van der Waals surface area contributed by atoms with Gasteiger partial charge in [0.15, 0.2) is 11.4 Å². The third kappa shape index (κ3) is 2.59. The lowest BCUT2D eigenvalue weighted by Crippen LogP contribution is -2.47. The third-order valence-corrected chi connectivity index (χ3v) is 5.32. The maximum absolute atomic E-state index is 13.6. The fourth-order valence-electron chi connectivity index (χ4n) is 3.80. The van der Waals surface area contributed by atoms with Gasteiger partial charge in [0.2, 0.25) is 0 Å². The van der Waals surface area contributed by atoms with Gasteiger partial charge in [-0.1, -0.05) is 0 Å². The van der Waals surface area contributed by atoms with Crippen LogP contribution in [0.5, 0.6) is 11.6 Å². The van der Waals surface area contributed by atoms with Gasteiger partial charge >= 0.3 is 6.03 Å². The standard InChI is InChI=1S/C21H16FN3O5/c1-29-14-5-3-12-9-25(18(26)15(12)8-14)10-21(19(27)23-20(28)24-21)17-6-11-2-4-13(22)7-16(11)30-17/h2-9,26H,10H2,1H3,(H2,23,24,27,28)/t21-/m0/s1. The molecule has 1 fully saturated rings. The molecule has 0 spiro atoms. The second-order valence-electron chi connectivity index (χ2n) is 7.14. The molecule has 9 heteroatoms. The van der Waals surface area contributed by atoms with E-state index >= 15 is 0 Å². The fourth-order valence-corrected chi connectivity index (χ4v) is 3.80. The lowest BCUT2D eigenvalue weighted by Gasteiger charge is -2.24. The van der Waals surface area contributed by atoms with E-state index < -0.39 is 23.3 Å². The van der Waals surface area contributed by atoms with E-state index in [0.29, 0.717) is 16.5 Å². The molecule has 4 aromatic rings. The number of aromatic nitrogens is 1. The number of nitrogens with one attached hydrogen (secondary N) is 2. The van der Waals surface area contributed by atoms with E-state index in [1.54, 1.807) is 30.5 Å². The number of fused-ring (bicyclic) bond motifs is 2. The minimum Gasteiger partial charge on any atom is -0.497 e. The van der Waals surface area contributed by atoms with Gasteiger partial charge in [-0.3, -0.25) is 10.1 Å². The highest BCUT2D eigenvalue weighted by molar-refractivity contribution is 6.07. The first-order chi connectivity index (χ1) is 14.4. The number of ether oxygens (including phenoxy) is 1. The highest BCUT2D eigenvalue weighted by Gasteiger charge is 2.51. The first kappa shape index (κ1) is 18.0. The Morgan fingerprint density at radius 1 is 1.17 bits per heavy atom. The highest BCUT2D eigenvalue weighted by Crippen LogP contribution is 2.36. The minimum atomic E-state index is -1.62. The Hall–Kier alpha value is -4.01. The molecule has 0 radical (unpaired) electrons. The maximum atomic E-state index is 13.6. The van der Waals surface area contributed by atoms with Crippen LogP contribution in [0.2, 0.25) is 0 Å². The smallest absolute Gasteiger partial charge is 0.322 e. The van der Waals surface area contributed by atoms with Gasteiger partial charge in [0.25, 0.3) is 5.91 Å². The van der Waals surface area contributed by atoms with Crippen molar-refractivity contribution in [1.29, 1.82) is 0 Å². The molecule has 0 saturated carbocycles. The molecule has 1 aliphatic rings. The number of furan rings is 1. The van der Waals surface area contributed by atoms with Crippen molar-refractivity contribution in [2.75, 3.05) is 7.11 Å². The van der Waals surface area contributed by atoms with Crippen LogP contribution in [0, 0.1) is 5.82 Å². The van der Waals surface area contributed by atoms with Gasteiger partial charge in [-0.25, -0.2) is 9.18 Å². The van der Waals surface area contributed by atoms with Crippen LogP contribution < -0.4 is 15.4 Å². The van der Waals surface area contributed by atoms with Crippen LogP contribution >= 0.6 is 0 Å². The monoisotopic (exact) mass is 409 g/mol. The molecule has 1 atom stereocenters. The topological polar surface area (TPSA) is 106 Å². The number of nitrogens with zero attached hydrogens (tertiary/aromatic N) is 1. The molecule has 1 aliphatic heterocycles. The number of methoxy groups -OCH3 is 1. The van der Waals surface area contributed by atoms with Crippen molar-refractivity contribution in [3.63, 3.8) is 0 Å². The number of carbonyl (C=O) groups excluding carboxylic acids is 2. The number of hydrogen-bond acceptors (Lipinski definition) is 5. The molecular weight excluding hydrogens is 393 g/mol. The molecular formula is C21H16FN3O5. The second-order valence-corrected chi connectivity index (χ2v) is 7.14. The number of carbonyl (C=O) groups is 2. The lowest BCUT2D eigenvalue weighted by atomic mass is 9.96. The molecule has 8 nitrogen and oxygen atoms in total. The van der Waals surface area contributed by atoms with Crippen molar-refractivity contribution >= 4 is 33.7 Å². The van der Waals surface area contributed by atoms with Crippen LogP contribution in [0.3, 0.4) is 0 Å².